The van der Waals surface area contributed by atoms with Gasteiger partial charge in [-0.2, -0.15) is 5.10 Å². The van der Waals surface area contributed by atoms with Crippen LogP contribution in [0.15, 0.2) is 41.7 Å². The molecule has 3 N–H and O–H groups in total. The van der Waals surface area contributed by atoms with Gasteiger partial charge in [-0.15, -0.1) is 0 Å². The molecule has 0 aliphatic rings. The van der Waals surface area contributed by atoms with E-state index in [-0.39, 0.29) is 29.0 Å². The van der Waals surface area contributed by atoms with Gasteiger partial charge in [0.25, 0.3) is 0 Å². The normalized spacial score (nSPS) is 11.8. The van der Waals surface area contributed by atoms with E-state index in [0.29, 0.717) is 18.0 Å². The van der Waals surface area contributed by atoms with Crippen molar-refractivity contribution in [1.82, 2.24) is 30.1 Å². The topological polar surface area (TPSA) is 147 Å². The minimum Gasteiger partial charge on any atom is -0.480 e. The second-order valence-corrected chi connectivity index (χ2v) is 9.96. The molecule has 0 saturated heterocycles. The van der Waals surface area contributed by atoms with E-state index in [4.69, 9.17) is 4.74 Å². The lowest BCUT2D eigenvalue weighted by molar-refractivity contribution is 0.277. The van der Waals surface area contributed by atoms with Crippen LogP contribution in [0.1, 0.15) is 11.4 Å². The van der Waals surface area contributed by atoms with Gasteiger partial charge in [-0.1, -0.05) is 6.07 Å². The molecule has 10 nitrogen and oxygen atoms in total. The second kappa shape index (κ2) is 9.50. The van der Waals surface area contributed by atoms with Gasteiger partial charge in [0.05, 0.1) is 49.3 Å². The van der Waals surface area contributed by atoms with Gasteiger partial charge in [0.15, 0.2) is 33.1 Å². The van der Waals surface area contributed by atoms with Gasteiger partial charge in [0.2, 0.25) is 5.88 Å². The van der Waals surface area contributed by atoms with E-state index in [1.807, 2.05) is 0 Å². The molecule has 15 heteroatoms. The molecule has 4 heterocycles. The highest BCUT2D eigenvalue weighted by Crippen LogP contribution is 2.36. The Hall–Kier alpha value is -4.37. The number of nitrogens with one attached hydrogen (secondary N) is 2. The molecule has 0 radical (unpaired) electrons. The Bertz CT molecular complexity index is 1810. The molecule has 0 aliphatic carbocycles. The average Bonchev–Trinajstić information content (AvgIpc) is 3.54. The third-order valence-corrected chi connectivity index (χ3v) is 7.27. The van der Waals surface area contributed by atoms with Crippen molar-refractivity contribution in [2.45, 2.75) is 17.3 Å². The number of aromatic amines is 2. The lowest BCUT2D eigenvalue weighted by Crippen LogP contribution is -2.12. The van der Waals surface area contributed by atoms with Crippen molar-refractivity contribution < 1.29 is 35.8 Å². The van der Waals surface area contributed by atoms with Crippen LogP contribution in [0.2, 0.25) is 0 Å². The fraction of sp³-hybridized carbons (Fsp3) is 0.130. The first-order valence-corrected chi connectivity index (χ1v) is 12.4. The number of methoxy groups -OCH3 is 1. The molecule has 0 bridgehead atoms. The number of pyridine rings is 2. The van der Waals surface area contributed by atoms with Crippen molar-refractivity contribution in [1.29, 1.82) is 0 Å². The molecular formula is C23H16F4N6O4S. The first-order chi connectivity index (χ1) is 18.1. The zero-order valence-electron chi connectivity index (χ0n) is 19.3. The molecule has 0 unspecified atom stereocenters. The molecule has 5 aromatic rings. The van der Waals surface area contributed by atoms with Gasteiger partial charge < -0.3 is 14.8 Å². The number of benzene rings is 1. The molecular weight excluding hydrogens is 532 g/mol. The van der Waals surface area contributed by atoms with Crippen LogP contribution in [-0.2, 0) is 22.2 Å². The van der Waals surface area contributed by atoms with Crippen LogP contribution in [0.5, 0.6) is 5.88 Å². The van der Waals surface area contributed by atoms with Crippen molar-refractivity contribution in [3.63, 3.8) is 0 Å². The number of nitrogens with zero attached hydrogens (tertiary/aromatic N) is 4. The Morgan fingerprint density at radius 3 is 2.53 bits per heavy atom. The highest BCUT2D eigenvalue weighted by atomic mass is 32.2. The van der Waals surface area contributed by atoms with E-state index >= 15 is 8.78 Å². The molecule has 196 valence electrons. The number of imidazole rings is 1. The number of aliphatic hydroxyl groups is 1. The average molecular weight is 548 g/mol. The summed E-state index contributed by atoms with van der Waals surface area (Å²) >= 11 is 0. The standard InChI is InChI=1S/C23H16F4N6O4S/c1-37-23-16(4-10(24)5-30-23)38(35,36)9-15-19(27)17(14(25)7-28-15)12-2-3-13-20(18(12)26)32-33-21(13)22-29-6-11(8-34)31-22/h2-7,34H,8-9H2,1H3,(H,29,31)(H,32,33). The summed E-state index contributed by atoms with van der Waals surface area (Å²) < 4.78 is 90.2. The molecule has 0 fully saturated rings. The van der Waals surface area contributed by atoms with Crippen LogP contribution < -0.4 is 4.74 Å². The number of aromatic nitrogens is 6. The first kappa shape index (κ1) is 25.3. The van der Waals surface area contributed by atoms with Crippen molar-refractivity contribution in [3.8, 4) is 28.5 Å². The summed E-state index contributed by atoms with van der Waals surface area (Å²) in [6, 6.07) is 3.10. The van der Waals surface area contributed by atoms with E-state index in [0.717, 1.165) is 19.4 Å². The zero-order chi connectivity index (χ0) is 27.2. The Kier molecular flexibility index (Phi) is 6.32. The smallest absolute Gasteiger partial charge is 0.232 e. The number of ether oxygens (including phenoxy) is 1. The maximum absolute atomic E-state index is 15.5. The predicted molar refractivity (Wildman–Crippen MR) is 124 cm³/mol. The number of rotatable bonds is 7. The molecule has 0 saturated carbocycles. The molecule has 4 aromatic heterocycles. The van der Waals surface area contributed by atoms with Crippen molar-refractivity contribution in [2.24, 2.45) is 0 Å². The highest BCUT2D eigenvalue weighted by molar-refractivity contribution is 7.90. The number of halogens is 4. The Morgan fingerprint density at radius 1 is 1.03 bits per heavy atom. The van der Waals surface area contributed by atoms with Crippen molar-refractivity contribution in [2.75, 3.05) is 7.11 Å². The van der Waals surface area contributed by atoms with Crippen molar-refractivity contribution in [3.05, 3.63) is 71.4 Å². The third-order valence-electron chi connectivity index (χ3n) is 5.66. The molecule has 38 heavy (non-hydrogen) atoms. The molecule has 0 aliphatic heterocycles. The number of hydrogen-bond donors (Lipinski definition) is 3. The highest BCUT2D eigenvalue weighted by Gasteiger charge is 2.28. The van der Waals surface area contributed by atoms with E-state index in [2.05, 4.69) is 30.1 Å². The van der Waals surface area contributed by atoms with Crippen LogP contribution in [0.3, 0.4) is 0 Å². The molecule has 0 amide bonds. The third kappa shape index (κ3) is 4.24. The van der Waals surface area contributed by atoms with Crippen LogP contribution in [0, 0.1) is 23.3 Å². The summed E-state index contributed by atoms with van der Waals surface area (Å²) in [4.78, 5) is 13.3. The zero-order valence-corrected chi connectivity index (χ0v) is 20.1. The Morgan fingerprint density at radius 2 is 1.82 bits per heavy atom. The summed E-state index contributed by atoms with van der Waals surface area (Å²) in [6.07, 6.45) is 2.67. The van der Waals surface area contributed by atoms with Gasteiger partial charge in [-0.05, 0) is 12.1 Å². The SMILES string of the molecule is COc1ncc(F)cc1S(=O)(=O)Cc1ncc(F)c(-c2ccc3c(-c4ncc(CO)[nH]4)[nH]nc3c2F)c1F. The Labute approximate surface area is 211 Å². The second-order valence-electron chi connectivity index (χ2n) is 8.00. The van der Waals surface area contributed by atoms with Gasteiger partial charge in [-0.3, -0.25) is 10.1 Å². The monoisotopic (exact) mass is 548 g/mol. The van der Waals surface area contributed by atoms with Crippen LogP contribution in [-0.4, -0.2) is 50.8 Å². The number of H-pyrrole nitrogens is 2. The van der Waals surface area contributed by atoms with Crippen molar-refractivity contribution >= 4 is 20.7 Å². The molecule has 0 atom stereocenters. The minimum atomic E-state index is -4.48. The molecule has 1 aromatic carbocycles. The summed E-state index contributed by atoms with van der Waals surface area (Å²) in [7, 11) is -3.36. The molecule has 0 spiro atoms. The maximum atomic E-state index is 15.5. The summed E-state index contributed by atoms with van der Waals surface area (Å²) in [5.41, 5.74) is -1.73. The van der Waals surface area contributed by atoms with E-state index in [9.17, 15) is 22.3 Å². The lowest BCUT2D eigenvalue weighted by Gasteiger charge is -2.12. The number of hydrogen-bond acceptors (Lipinski definition) is 8. The van der Waals surface area contributed by atoms with Gasteiger partial charge in [0.1, 0.15) is 27.7 Å². The quantitative estimate of drug-likeness (QED) is 0.262. The van der Waals surface area contributed by atoms with Crippen LogP contribution >= 0.6 is 0 Å². The largest absolute Gasteiger partial charge is 0.480 e. The number of sulfone groups is 1. The number of aliphatic hydroxyl groups excluding tert-OH is 1. The fourth-order valence-corrected chi connectivity index (χ4v) is 5.29. The van der Waals surface area contributed by atoms with E-state index < -0.39 is 66.5 Å². The maximum Gasteiger partial charge on any atom is 0.232 e. The summed E-state index contributed by atoms with van der Waals surface area (Å²) in [6.45, 7) is -0.307. The minimum absolute atomic E-state index is 0.230. The van der Waals surface area contributed by atoms with Crippen LogP contribution in [0.4, 0.5) is 17.6 Å². The number of fused-ring (bicyclic) bond motifs is 1. The fourth-order valence-electron chi connectivity index (χ4n) is 3.88. The van der Waals surface area contributed by atoms with E-state index in [1.165, 1.54) is 12.3 Å². The summed E-state index contributed by atoms with van der Waals surface area (Å²) in [5, 5.41) is 15.9. The molecule has 5 rings (SSSR count). The van der Waals surface area contributed by atoms with Crippen LogP contribution in [0.25, 0.3) is 33.5 Å². The van der Waals surface area contributed by atoms with Gasteiger partial charge in [0, 0.05) is 10.9 Å². The van der Waals surface area contributed by atoms with Gasteiger partial charge in [-0.25, -0.2) is 35.9 Å². The Balaban J connectivity index is 1.58. The van der Waals surface area contributed by atoms with E-state index in [1.54, 1.807) is 0 Å². The first-order valence-electron chi connectivity index (χ1n) is 10.7. The predicted octanol–water partition coefficient (Wildman–Crippen LogP) is 3.44. The van der Waals surface area contributed by atoms with Gasteiger partial charge >= 0.3 is 0 Å². The lowest BCUT2D eigenvalue weighted by atomic mass is 10.0. The summed E-state index contributed by atoms with van der Waals surface area (Å²) in [5.74, 6) is -6.04.